The topological polar surface area (TPSA) is 21.3 Å². The molecule has 2 nitrogen and oxygen atoms in total. The van der Waals surface area contributed by atoms with Gasteiger partial charge in [-0.05, 0) is 43.4 Å². The van der Waals surface area contributed by atoms with Crippen molar-refractivity contribution in [1.82, 2.24) is 5.32 Å². The molecule has 0 saturated heterocycles. The van der Waals surface area contributed by atoms with E-state index >= 15 is 0 Å². The Bertz CT molecular complexity index is 351. The summed E-state index contributed by atoms with van der Waals surface area (Å²) in [5.74, 6) is 1.70. The zero-order valence-electron chi connectivity index (χ0n) is 12.9. The van der Waals surface area contributed by atoms with Gasteiger partial charge in [0.25, 0.3) is 0 Å². The molecule has 0 fully saturated rings. The minimum atomic E-state index is 0.538. The first kappa shape index (κ1) is 16.0. The summed E-state index contributed by atoms with van der Waals surface area (Å²) < 4.78 is 5.46. The van der Waals surface area contributed by atoms with Crippen molar-refractivity contribution in [3.05, 3.63) is 29.8 Å². The highest BCUT2D eigenvalue weighted by atomic mass is 16.5. The maximum Gasteiger partial charge on any atom is 0.122 e. The molecule has 108 valence electrons. The number of ether oxygens (including phenoxy) is 1. The van der Waals surface area contributed by atoms with Gasteiger partial charge in [0.1, 0.15) is 5.75 Å². The van der Waals surface area contributed by atoms with E-state index in [9.17, 15) is 0 Å². The van der Waals surface area contributed by atoms with E-state index < -0.39 is 0 Å². The minimum Gasteiger partial charge on any atom is -0.496 e. The molecular weight excluding hydrogens is 234 g/mol. The van der Waals surface area contributed by atoms with Crippen LogP contribution in [0.4, 0.5) is 0 Å². The summed E-state index contributed by atoms with van der Waals surface area (Å²) in [7, 11) is 1.75. The molecule has 0 aliphatic carbocycles. The number of rotatable bonds is 9. The zero-order chi connectivity index (χ0) is 14.1. The maximum absolute atomic E-state index is 5.46. The summed E-state index contributed by atoms with van der Waals surface area (Å²) in [4.78, 5) is 0. The summed E-state index contributed by atoms with van der Waals surface area (Å²) in [6.45, 7) is 7.92. The first-order valence-corrected chi connectivity index (χ1v) is 7.58. The fraction of sp³-hybridized carbons (Fsp3) is 0.647. The van der Waals surface area contributed by atoms with Gasteiger partial charge < -0.3 is 10.1 Å². The fourth-order valence-electron chi connectivity index (χ4n) is 2.57. The van der Waals surface area contributed by atoms with Crippen molar-refractivity contribution >= 4 is 0 Å². The molecule has 2 atom stereocenters. The minimum absolute atomic E-state index is 0.538. The van der Waals surface area contributed by atoms with E-state index in [-0.39, 0.29) is 0 Å². The number of methoxy groups -OCH3 is 1. The van der Waals surface area contributed by atoms with E-state index in [1.807, 2.05) is 6.07 Å². The van der Waals surface area contributed by atoms with Gasteiger partial charge in [-0.2, -0.15) is 0 Å². The van der Waals surface area contributed by atoms with Crippen LogP contribution in [0.1, 0.15) is 45.6 Å². The van der Waals surface area contributed by atoms with Gasteiger partial charge in [-0.3, -0.25) is 0 Å². The predicted molar refractivity (Wildman–Crippen MR) is 82.9 cm³/mol. The van der Waals surface area contributed by atoms with E-state index in [4.69, 9.17) is 4.74 Å². The Morgan fingerprint density at radius 2 is 1.89 bits per heavy atom. The van der Waals surface area contributed by atoms with Crippen LogP contribution in [0.5, 0.6) is 5.75 Å². The van der Waals surface area contributed by atoms with Crippen molar-refractivity contribution in [2.75, 3.05) is 13.7 Å². The lowest BCUT2D eigenvalue weighted by Gasteiger charge is -2.26. The molecule has 0 aliphatic rings. The Morgan fingerprint density at radius 1 is 1.16 bits per heavy atom. The van der Waals surface area contributed by atoms with E-state index in [0.29, 0.717) is 12.0 Å². The third-order valence-corrected chi connectivity index (χ3v) is 3.72. The van der Waals surface area contributed by atoms with Crippen molar-refractivity contribution in [2.45, 2.75) is 52.5 Å². The molecule has 2 unspecified atom stereocenters. The van der Waals surface area contributed by atoms with Gasteiger partial charge >= 0.3 is 0 Å². The average Bonchev–Trinajstić information content (AvgIpc) is 2.44. The zero-order valence-corrected chi connectivity index (χ0v) is 12.9. The second-order valence-corrected chi connectivity index (χ2v) is 5.34. The third kappa shape index (κ3) is 5.23. The summed E-state index contributed by atoms with van der Waals surface area (Å²) >= 11 is 0. The van der Waals surface area contributed by atoms with Gasteiger partial charge in [0.2, 0.25) is 0 Å². The van der Waals surface area contributed by atoms with Crippen molar-refractivity contribution in [1.29, 1.82) is 0 Å². The summed E-state index contributed by atoms with van der Waals surface area (Å²) in [5, 5.41) is 3.70. The third-order valence-electron chi connectivity index (χ3n) is 3.72. The molecule has 0 saturated carbocycles. The molecule has 0 amide bonds. The molecule has 1 aromatic rings. The van der Waals surface area contributed by atoms with Gasteiger partial charge in [-0.15, -0.1) is 0 Å². The second kappa shape index (κ2) is 8.98. The van der Waals surface area contributed by atoms with Crippen molar-refractivity contribution < 1.29 is 4.74 Å². The molecule has 2 heteroatoms. The maximum atomic E-state index is 5.46. The Kier molecular flexibility index (Phi) is 7.57. The number of benzene rings is 1. The highest BCUT2D eigenvalue weighted by Crippen LogP contribution is 2.22. The lowest BCUT2D eigenvalue weighted by Crippen LogP contribution is -2.37. The average molecular weight is 263 g/mol. The van der Waals surface area contributed by atoms with Crippen LogP contribution in [0.15, 0.2) is 24.3 Å². The fourth-order valence-corrected chi connectivity index (χ4v) is 2.57. The molecule has 1 aromatic carbocycles. The molecule has 0 aromatic heterocycles. The van der Waals surface area contributed by atoms with Crippen LogP contribution in [0.3, 0.4) is 0 Å². The van der Waals surface area contributed by atoms with Crippen LogP contribution in [0.25, 0.3) is 0 Å². The van der Waals surface area contributed by atoms with Crippen LogP contribution in [0, 0.1) is 5.92 Å². The summed E-state index contributed by atoms with van der Waals surface area (Å²) in [5.41, 5.74) is 1.31. The smallest absolute Gasteiger partial charge is 0.122 e. The van der Waals surface area contributed by atoms with E-state index in [1.54, 1.807) is 7.11 Å². The quantitative estimate of drug-likeness (QED) is 0.726. The van der Waals surface area contributed by atoms with Gasteiger partial charge in [0.05, 0.1) is 7.11 Å². The first-order valence-electron chi connectivity index (χ1n) is 7.58. The van der Waals surface area contributed by atoms with Crippen LogP contribution < -0.4 is 10.1 Å². The molecule has 0 heterocycles. The van der Waals surface area contributed by atoms with Crippen LogP contribution >= 0.6 is 0 Å². The highest BCUT2D eigenvalue weighted by molar-refractivity contribution is 5.33. The van der Waals surface area contributed by atoms with Gasteiger partial charge in [0, 0.05) is 6.04 Å². The predicted octanol–water partition coefficient (Wildman–Crippen LogP) is 4.04. The Labute approximate surface area is 118 Å². The lowest BCUT2D eigenvalue weighted by molar-refractivity contribution is 0.345. The van der Waals surface area contributed by atoms with Crippen LogP contribution in [-0.2, 0) is 6.42 Å². The molecule has 0 bridgehead atoms. The van der Waals surface area contributed by atoms with E-state index in [0.717, 1.165) is 18.7 Å². The Hall–Kier alpha value is -1.02. The molecule has 19 heavy (non-hydrogen) atoms. The number of hydrogen-bond acceptors (Lipinski definition) is 2. The second-order valence-electron chi connectivity index (χ2n) is 5.34. The molecule has 0 spiro atoms. The summed E-state index contributed by atoms with van der Waals surface area (Å²) in [6, 6.07) is 8.90. The van der Waals surface area contributed by atoms with E-state index in [2.05, 4.69) is 44.3 Å². The lowest BCUT2D eigenvalue weighted by atomic mass is 9.91. The first-order chi connectivity index (χ1) is 9.22. The SMILES string of the molecule is CCCNC(Cc1ccccc1OC)C(C)CCC. The monoisotopic (exact) mass is 263 g/mol. The molecule has 1 rings (SSSR count). The van der Waals surface area contributed by atoms with Crippen LogP contribution in [0.2, 0.25) is 0 Å². The standard InChI is InChI=1S/C17H29NO/c1-5-9-14(3)16(18-12-6-2)13-15-10-7-8-11-17(15)19-4/h7-8,10-11,14,16,18H,5-6,9,12-13H2,1-4H3. The van der Waals surface area contributed by atoms with Gasteiger partial charge in [0.15, 0.2) is 0 Å². The molecule has 0 radical (unpaired) electrons. The van der Waals surface area contributed by atoms with E-state index in [1.165, 1.54) is 24.8 Å². The number of nitrogens with one attached hydrogen (secondary N) is 1. The van der Waals surface area contributed by atoms with Gasteiger partial charge in [-0.25, -0.2) is 0 Å². The number of para-hydroxylation sites is 1. The molecular formula is C17H29NO. The van der Waals surface area contributed by atoms with Crippen molar-refractivity contribution in [2.24, 2.45) is 5.92 Å². The highest BCUT2D eigenvalue weighted by Gasteiger charge is 2.17. The molecule has 0 aliphatic heterocycles. The Balaban J connectivity index is 2.74. The summed E-state index contributed by atoms with van der Waals surface area (Å²) in [6.07, 6.45) is 4.75. The molecule has 1 N–H and O–H groups in total. The van der Waals surface area contributed by atoms with Crippen molar-refractivity contribution in [3.63, 3.8) is 0 Å². The van der Waals surface area contributed by atoms with Crippen molar-refractivity contribution in [3.8, 4) is 5.75 Å². The normalized spacial score (nSPS) is 14.1. The number of hydrogen-bond donors (Lipinski definition) is 1. The van der Waals surface area contributed by atoms with Crippen LogP contribution in [-0.4, -0.2) is 19.7 Å². The van der Waals surface area contributed by atoms with Gasteiger partial charge in [-0.1, -0.05) is 45.4 Å². The largest absolute Gasteiger partial charge is 0.496 e. The Morgan fingerprint density at radius 3 is 2.53 bits per heavy atom.